The fourth-order valence-electron chi connectivity index (χ4n) is 3.09. The van der Waals surface area contributed by atoms with Gasteiger partial charge in [0.05, 0.1) is 0 Å². The van der Waals surface area contributed by atoms with E-state index in [1.54, 1.807) is 0 Å². The Morgan fingerprint density at radius 2 is 1.68 bits per heavy atom. The molecule has 2 aromatic carbocycles. The Kier molecular flexibility index (Phi) is 5.67. The fourth-order valence-corrected chi connectivity index (χ4v) is 3.09. The fraction of sp³-hybridized carbons (Fsp3) is 0.318. The van der Waals surface area contributed by atoms with Gasteiger partial charge in [-0.25, -0.2) is 0 Å². The first-order chi connectivity index (χ1) is 12.1. The average Bonchev–Trinajstić information content (AvgIpc) is 2.65. The number of aryl methyl sites for hydroxylation is 2. The van der Waals surface area contributed by atoms with E-state index in [0.29, 0.717) is 0 Å². The Bertz CT molecular complexity index is 744. The van der Waals surface area contributed by atoms with Crippen LogP contribution in [0.2, 0.25) is 0 Å². The van der Waals surface area contributed by atoms with Crippen molar-refractivity contribution in [2.45, 2.75) is 13.8 Å². The number of hydrogen-bond donors (Lipinski definition) is 0. The van der Waals surface area contributed by atoms with Crippen LogP contribution in [0.15, 0.2) is 54.6 Å². The zero-order valence-corrected chi connectivity index (χ0v) is 15.1. The monoisotopic (exact) mass is 334 g/mol. The van der Waals surface area contributed by atoms with Crippen molar-refractivity contribution in [3.8, 4) is 0 Å². The van der Waals surface area contributed by atoms with Crippen molar-refractivity contribution in [3.63, 3.8) is 0 Å². The number of amides is 1. The summed E-state index contributed by atoms with van der Waals surface area (Å²) in [6.07, 6.45) is 4.36. The highest BCUT2D eigenvalue weighted by atomic mass is 16.2. The van der Waals surface area contributed by atoms with Gasteiger partial charge in [0.25, 0.3) is 5.91 Å². The third kappa shape index (κ3) is 4.58. The Balaban J connectivity index is 1.50. The van der Waals surface area contributed by atoms with E-state index in [4.69, 9.17) is 0 Å². The summed E-state index contributed by atoms with van der Waals surface area (Å²) in [7, 11) is 0. The largest absolute Gasteiger partial charge is 0.336 e. The van der Waals surface area contributed by atoms with Gasteiger partial charge in [0.2, 0.25) is 0 Å². The molecule has 1 aliphatic heterocycles. The van der Waals surface area contributed by atoms with Crippen LogP contribution < -0.4 is 0 Å². The number of benzene rings is 2. The number of carbonyl (C=O) groups excluding carboxylic acids is 1. The van der Waals surface area contributed by atoms with Crippen molar-refractivity contribution in [3.05, 3.63) is 76.9 Å². The number of rotatable bonds is 4. The topological polar surface area (TPSA) is 23.6 Å². The van der Waals surface area contributed by atoms with Crippen LogP contribution >= 0.6 is 0 Å². The quantitative estimate of drug-likeness (QED) is 0.850. The van der Waals surface area contributed by atoms with Gasteiger partial charge in [-0.1, -0.05) is 48.6 Å². The van der Waals surface area contributed by atoms with Crippen LogP contribution in [0.25, 0.3) is 6.08 Å². The molecule has 1 fully saturated rings. The molecule has 0 saturated carbocycles. The molecule has 0 aromatic heterocycles. The van der Waals surface area contributed by atoms with Crippen molar-refractivity contribution in [2.24, 2.45) is 0 Å². The second kappa shape index (κ2) is 8.13. The Hall–Kier alpha value is -2.39. The highest BCUT2D eigenvalue weighted by Gasteiger charge is 2.21. The van der Waals surface area contributed by atoms with Crippen LogP contribution in [0.1, 0.15) is 27.0 Å². The summed E-state index contributed by atoms with van der Waals surface area (Å²) < 4.78 is 0. The summed E-state index contributed by atoms with van der Waals surface area (Å²) in [5.41, 5.74) is 4.44. The average molecular weight is 334 g/mol. The van der Waals surface area contributed by atoms with Gasteiger partial charge >= 0.3 is 0 Å². The third-order valence-electron chi connectivity index (χ3n) is 4.89. The van der Waals surface area contributed by atoms with Gasteiger partial charge in [0, 0.05) is 38.3 Å². The molecule has 1 heterocycles. The number of nitrogens with zero attached hydrogens (tertiary/aromatic N) is 2. The highest BCUT2D eigenvalue weighted by Crippen LogP contribution is 2.14. The lowest BCUT2D eigenvalue weighted by Gasteiger charge is -2.34. The minimum Gasteiger partial charge on any atom is -0.336 e. The van der Waals surface area contributed by atoms with Crippen LogP contribution in [0.5, 0.6) is 0 Å². The Morgan fingerprint density at radius 1 is 0.960 bits per heavy atom. The first-order valence-corrected chi connectivity index (χ1v) is 8.94. The van der Waals surface area contributed by atoms with Gasteiger partial charge in [-0.05, 0) is 42.7 Å². The summed E-state index contributed by atoms with van der Waals surface area (Å²) >= 11 is 0. The van der Waals surface area contributed by atoms with E-state index in [0.717, 1.165) is 38.3 Å². The van der Waals surface area contributed by atoms with Crippen LogP contribution in [0.4, 0.5) is 0 Å². The first kappa shape index (κ1) is 17.4. The summed E-state index contributed by atoms with van der Waals surface area (Å²) in [6.45, 7) is 8.51. The molecule has 0 unspecified atom stereocenters. The maximum atomic E-state index is 12.7. The van der Waals surface area contributed by atoms with Gasteiger partial charge in [0.1, 0.15) is 0 Å². The molecule has 1 saturated heterocycles. The second-order valence-electron chi connectivity index (χ2n) is 6.70. The molecule has 25 heavy (non-hydrogen) atoms. The van der Waals surface area contributed by atoms with Crippen molar-refractivity contribution in [1.29, 1.82) is 0 Å². The second-order valence-corrected chi connectivity index (χ2v) is 6.70. The lowest BCUT2D eigenvalue weighted by Crippen LogP contribution is -2.48. The van der Waals surface area contributed by atoms with E-state index in [1.807, 2.05) is 29.2 Å². The normalized spacial score (nSPS) is 15.7. The van der Waals surface area contributed by atoms with E-state index in [2.05, 4.69) is 55.2 Å². The van der Waals surface area contributed by atoms with Crippen LogP contribution in [0.3, 0.4) is 0 Å². The van der Waals surface area contributed by atoms with Gasteiger partial charge in [0.15, 0.2) is 0 Å². The van der Waals surface area contributed by atoms with Gasteiger partial charge in [-0.3, -0.25) is 9.69 Å². The number of piperazine rings is 1. The SMILES string of the molecule is Cc1ccc(C(=O)N2CCN(C/C=C/c3ccccc3)CC2)cc1C. The van der Waals surface area contributed by atoms with Gasteiger partial charge in [-0.2, -0.15) is 0 Å². The lowest BCUT2D eigenvalue weighted by molar-refractivity contribution is 0.0650. The van der Waals surface area contributed by atoms with Crippen molar-refractivity contribution in [1.82, 2.24) is 9.80 Å². The van der Waals surface area contributed by atoms with E-state index < -0.39 is 0 Å². The zero-order valence-electron chi connectivity index (χ0n) is 15.1. The Morgan fingerprint density at radius 3 is 2.36 bits per heavy atom. The maximum Gasteiger partial charge on any atom is 0.253 e. The van der Waals surface area contributed by atoms with Crippen molar-refractivity contribution < 1.29 is 4.79 Å². The molecule has 0 radical (unpaired) electrons. The van der Waals surface area contributed by atoms with Gasteiger partial charge < -0.3 is 4.90 Å². The molecule has 0 atom stereocenters. The number of carbonyl (C=O) groups is 1. The first-order valence-electron chi connectivity index (χ1n) is 8.94. The molecule has 3 nitrogen and oxygen atoms in total. The van der Waals surface area contributed by atoms with E-state index in [9.17, 15) is 4.79 Å². The standard InChI is InChI=1S/C22H26N2O/c1-18-10-11-21(17-19(18)2)22(25)24-15-13-23(14-16-24)12-6-9-20-7-4-3-5-8-20/h3-11,17H,12-16H2,1-2H3/b9-6+. The van der Waals surface area contributed by atoms with Crippen LogP contribution in [-0.2, 0) is 0 Å². The van der Waals surface area contributed by atoms with E-state index >= 15 is 0 Å². The molecule has 2 aromatic rings. The molecule has 1 aliphatic rings. The molecule has 3 rings (SSSR count). The maximum absolute atomic E-state index is 12.7. The summed E-state index contributed by atoms with van der Waals surface area (Å²) in [5.74, 6) is 0.155. The Labute approximate surface area is 150 Å². The van der Waals surface area contributed by atoms with E-state index in [1.165, 1.54) is 16.7 Å². The minimum absolute atomic E-state index is 0.155. The molecular formula is C22H26N2O. The third-order valence-corrected chi connectivity index (χ3v) is 4.89. The number of hydrogen-bond acceptors (Lipinski definition) is 2. The van der Waals surface area contributed by atoms with Gasteiger partial charge in [-0.15, -0.1) is 0 Å². The van der Waals surface area contributed by atoms with Crippen molar-refractivity contribution in [2.75, 3.05) is 32.7 Å². The summed E-state index contributed by atoms with van der Waals surface area (Å²) in [4.78, 5) is 17.0. The molecule has 1 amide bonds. The van der Waals surface area contributed by atoms with Crippen molar-refractivity contribution >= 4 is 12.0 Å². The summed E-state index contributed by atoms with van der Waals surface area (Å²) in [5, 5.41) is 0. The van der Waals surface area contributed by atoms with Crippen LogP contribution in [-0.4, -0.2) is 48.4 Å². The molecule has 130 valence electrons. The smallest absolute Gasteiger partial charge is 0.253 e. The molecular weight excluding hydrogens is 308 g/mol. The van der Waals surface area contributed by atoms with E-state index in [-0.39, 0.29) is 5.91 Å². The van der Waals surface area contributed by atoms with Crippen LogP contribution in [0, 0.1) is 13.8 Å². The zero-order chi connectivity index (χ0) is 17.6. The molecule has 0 N–H and O–H groups in total. The highest BCUT2D eigenvalue weighted by molar-refractivity contribution is 5.94. The molecule has 3 heteroatoms. The predicted molar refractivity (Wildman–Crippen MR) is 104 cm³/mol. The molecule has 0 aliphatic carbocycles. The summed E-state index contributed by atoms with van der Waals surface area (Å²) in [6, 6.07) is 16.3. The lowest BCUT2D eigenvalue weighted by atomic mass is 10.1. The minimum atomic E-state index is 0.155. The molecule has 0 bridgehead atoms. The molecule has 0 spiro atoms. The predicted octanol–water partition coefficient (Wildman–Crippen LogP) is 3.77.